The summed E-state index contributed by atoms with van der Waals surface area (Å²) in [6, 6.07) is 6.39. The van der Waals surface area contributed by atoms with Gasteiger partial charge in [-0.05, 0) is 30.2 Å². The normalized spacial score (nSPS) is 12.1. The van der Waals surface area contributed by atoms with Crippen LogP contribution in [0, 0.1) is 5.92 Å². The smallest absolute Gasteiger partial charge is 0.335 e. The number of carboxylic acid groups (broad SMARTS) is 1. The lowest BCUT2D eigenvalue weighted by atomic mass is 10.2. The summed E-state index contributed by atoms with van der Waals surface area (Å²) in [4.78, 5) is 10.7. The fourth-order valence-electron chi connectivity index (χ4n) is 1.63. The number of benzene rings is 1. The summed E-state index contributed by atoms with van der Waals surface area (Å²) in [5.41, 5.74) is 0.263. The van der Waals surface area contributed by atoms with Crippen molar-refractivity contribution in [2.75, 3.05) is 33.4 Å². The Balaban J connectivity index is 2.17. The van der Waals surface area contributed by atoms with E-state index in [1.807, 2.05) is 0 Å². The molecular formula is C14H21NO4. The van der Waals surface area contributed by atoms with E-state index in [1.54, 1.807) is 19.2 Å². The first-order valence-electron chi connectivity index (χ1n) is 6.29. The van der Waals surface area contributed by atoms with Crippen LogP contribution < -0.4 is 10.1 Å². The van der Waals surface area contributed by atoms with Crippen LogP contribution in [0.2, 0.25) is 0 Å². The van der Waals surface area contributed by atoms with Crippen LogP contribution in [0.25, 0.3) is 0 Å². The lowest BCUT2D eigenvalue weighted by Crippen LogP contribution is -2.27. The van der Waals surface area contributed by atoms with Crippen LogP contribution >= 0.6 is 0 Å². The third kappa shape index (κ3) is 6.22. The molecule has 1 unspecified atom stereocenters. The van der Waals surface area contributed by atoms with Crippen molar-refractivity contribution in [3.05, 3.63) is 29.8 Å². The van der Waals surface area contributed by atoms with Crippen molar-refractivity contribution in [3.63, 3.8) is 0 Å². The fraction of sp³-hybridized carbons (Fsp3) is 0.500. The Morgan fingerprint density at radius 3 is 2.63 bits per heavy atom. The van der Waals surface area contributed by atoms with Crippen LogP contribution in [0.15, 0.2) is 24.3 Å². The summed E-state index contributed by atoms with van der Waals surface area (Å²) >= 11 is 0. The summed E-state index contributed by atoms with van der Waals surface area (Å²) < 4.78 is 10.5. The summed E-state index contributed by atoms with van der Waals surface area (Å²) in [6.45, 7) is 5.03. The summed E-state index contributed by atoms with van der Waals surface area (Å²) in [5, 5.41) is 12.0. The molecule has 0 bridgehead atoms. The molecule has 1 rings (SSSR count). The second kappa shape index (κ2) is 8.50. The van der Waals surface area contributed by atoms with Crippen LogP contribution in [0.5, 0.6) is 5.75 Å². The van der Waals surface area contributed by atoms with Crippen molar-refractivity contribution in [3.8, 4) is 5.75 Å². The van der Waals surface area contributed by atoms with Gasteiger partial charge in [-0.3, -0.25) is 0 Å². The highest BCUT2D eigenvalue weighted by molar-refractivity contribution is 5.87. The van der Waals surface area contributed by atoms with Crippen molar-refractivity contribution in [1.29, 1.82) is 0 Å². The van der Waals surface area contributed by atoms with E-state index in [1.165, 1.54) is 12.1 Å². The summed E-state index contributed by atoms with van der Waals surface area (Å²) in [7, 11) is 1.69. The van der Waals surface area contributed by atoms with Gasteiger partial charge in [-0.25, -0.2) is 4.79 Å². The van der Waals surface area contributed by atoms with Crippen molar-refractivity contribution in [2.24, 2.45) is 5.92 Å². The molecule has 5 nitrogen and oxygen atoms in total. The molecule has 0 aliphatic heterocycles. The highest BCUT2D eigenvalue weighted by Crippen LogP contribution is 2.11. The molecule has 106 valence electrons. The number of aromatic carboxylic acids is 1. The first-order valence-corrected chi connectivity index (χ1v) is 6.29. The fourth-order valence-corrected chi connectivity index (χ4v) is 1.63. The third-order valence-corrected chi connectivity index (χ3v) is 2.59. The van der Waals surface area contributed by atoms with Gasteiger partial charge in [-0.15, -0.1) is 0 Å². The maximum absolute atomic E-state index is 10.7. The number of hydrogen-bond donors (Lipinski definition) is 2. The Morgan fingerprint density at radius 2 is 2.05 bits per heavy atom. The van der Waals surface area contributed by atoms with E-state index >= 15 is 0 Å². The zero-order valence-electron chi connectivity index (χ0n) is 11.4. The molecule has 19 heavy (non-hydrogen) atoms. The van der Waals surface area contributed by atoms with Crippen LogP contribution in [0.4, 0.5) is 0 Å². The number of hydrogen-bond acceptors (Lipinski definition) is 4. The average Bonchev–Trinajstić information content (AvgIpc) is 2.39. The Kier molecular flexibility index (Phi) is 6.92. The minimum Gasteiger partial charge on any atom is -0.492 e. The van der Waals surface area contributed by atoms with Gasteiger partial charge in [0.15, 0.2) is 0 Å². The topological polar surface area (TPSA) is 67.8 Å². The Bertz CT molecular complexity index is 378. The first kappa shape index (κ1) is 15.5. The van der Waals surface area contributed by atoms with E-state index < -0.39 is 5.97 Å². The number of methoxy groups -OCH3 is 1. The molecule has 5 heteroatoms. The molecular weight excluding hydrogens is 246 g/mol. The minimum absolute atomic E-state index is 0.263. The number of carbonyl (C=O) groups is 1. The third-order valence-electron chi connectivity index (χ3n) is 2.59. The molecule has 0 fully saturated rings. The molecule has 2 N–H and O–H groups in total. The minimum atomic E-state index is -0.930. The largest absolute Gasteiger partial charge is 0.492 e. The summed E-state index contributed by atoms with van der Waals surface area (Å²) in [6.07, 6.45) is 0. The predicted octanol–water partition coefficient (Wildman–Crippen LogP) is 1.64. The van der Waals surface area contributed by atoms with Gasteiger partial charge in [0.05, 0.1) is 5.56 Å². The second-order valence-electron chi connectivity index (χ2n) is 4.44. The van der Waals surface area contributed by atoms with Crippen molar-refractivity contribution < 1.29 is 19.4 Å². The molecule has 0 heterocycles. The standard InChI is InChI=1S/C14H21NO4/c1-11(10-18-2)9-15-7-8-19-13-5-3-12(4-6-13)14(16)17/h3-6,11,15H,7-10H2,1-2H3,(H,16,17). The summed E-state index contributed by atoms with van der Waals surface area (Å²) in [5.74, 6) is 0.219. The van der Waals surface area contributed by atoms with Gasteiger partial charge in [-0.2, -0.15) is 0 Å². The molecule has 1 aromatic rings. The van der Waals surface area contributed by atoms with Gasteiger partial charge in [0, 0.05) is 26.8 Å². The molecule has 0 aromatic heterocycles. The molecule has 0 saturated carbocycles. The number of nitrogens with one attached hydrogen (secondary N) is 1. The highest BCUT2D eigenvalue weighted by atomic mass is 16.5. The maximum atomic E-state index is 10.7. The van der Waals surface area contributed by atoms with Gasteiger partial charge in [0.25, 0.3) is 0 Å². The van der Waals surface area contributed by atoms with Gasteiger partial charge in [-0.1, -0.05) is 6.92 Å². The van der Waals surface area contributed by atoms with E-state index in [-0.39, 0.29) is 5.56 Å². The Labute approximate surface area is 113 Å². The average molecular weight is 267 g/mol. The van der Waals surface area contributed by atoms with E-state index in [2.05, 4.69) is 12.2 Å². The van der Waals surface area contributed by atoms with E-state index in [4.69, 9.17) is 14.6 Å². The number of rotatable bonds is 9. The molecule has 1 aromatic carbocycles. The number of carboxylic acids is 1. The van der Waals surface area contributed by atoms with Gasteiger partial charge < -0.3 is 19.9 Å². The SMILES string of the molecule is COCC(C)CNCCOc1ccc(C(=O)O)cc1. The van der Waals surface area contributed by atoms with Gasteiger partial charge in [0.2, 0.25) is 0 Å². The van der Waals surface area contributed by atoms with Crippen LogP contribution in [-0.4, -0.2) is 44.5 Å². The molecule has 0 saturated heterocycles. The predicted molar refractivity (Wildman–Crippen MR) is 72.8 cm³/mol. The van der Waals surface area contributed by atoms with Crippen LogP contribution in [-0.2, 0) is 4.74 Å². The molecule has 0 spiro atoms. The molecule has 0 aliphatic carbocycles. The lowest BCUT2D eigenvalue weighted by Gasteiger charge is -2.12. The van der Waals surface area contributed by atoms with Gasteiger partial charge >= 0.3 is 5.97 Å². The first-order chi connectivity index (χ1) is 9.13. The maximum Gasteiger partial charge on any atom is 0.335 e. The van der Waals surface area contributed by atoms with Crippen LogP contribution in [0.1, 0.15) is 17.3 Å². The Hall–Kier alpha value is -1.59. The van der Waals surface area contributed by atoms with Crippen molar-refractivity contribution in [2.45, 2.75) is 6.92 Å². The van der Waals surface area contributed by atoms with E-state index in [0.717, 1.165) is 19.7 Å². The molecule has 1 atom stereocenters. The molecule has 0 amide bonds. The van der Waals surface area contributed by atoms with E-state index in [9.17, 15) is 4.79 Å². The van der Waals surface area contributed by atoms with Gasteiger partial charge in [0.1, 0.15) is 12.4 Å². The molecule has 0 radical (unpaired) electrons. The second-order valence-corrected chi connectivity index (χ2v) is 4.44. The van der Waals surface area contributed by atoms with E-state index in [0.29, 0.717) is 18.3 Å². The quantitative estimate of drug-likeness (QED) is 0.666. The van der Waals surface area contributed by atoms with Crippen LogP contribution in [0.3, 0.4) is 0 Å². The van der Waals surface area contributed by atoms with Crippen molar-refractivity contribution >= 4 is 5.97 Å². The zero-order valence-corrected chi connectivity index (χ0v) is 11.4. The van der Waals surface area contributed by atoms with Crippen molar-refractivity contribution in [1.82, 2.24) is 5.32 Å². The molecule has 0 aliphatic rings. The zero-order chi connectivity index (χ0) is 14.1. The Morgan fingerprint density at radius 1 is 1.37 bits per heavy atom. The lowest BCUT2D eigenvalue weighted by molar-refractivity contribution is 0.0697. The number of ether oxygens (including phenoxy) is 2. The monoisotopic (exact) mass is 267 g/mol. The highest BCUT2D eigenvalue weighted by Gasteiger charge is 2.02.